The van der Waals surface area contributed by atoms with E-state index in [0.29, 0.717) is 12.5 Å². The number of rotatable bonds is 5. The first-order valence-corrected chi connectivity index (χ1v) is 7.04. The minimum Gasteiger partial charge on any atom is -0.460 e. The lowest BCUT2D eigenvalue weighted by Gasteiger charge is -2.19. The van der Waals surface area contributed by atoms with Gasteiger partial charge >= 0.3 is 5.97 Å². The van der Waals surface area contributed by atoms with Crippen LogP contribution < -0.4 is 0 Å². The van der Waals surface area contributed by atoms with Crippen molar-refractivity contribution in [3.63, 3.8) is 0 Å². The van der Waals surface area contributed by atoms with Gasteiger partial charge in [0.1, 0.15) is 5.60 Å². The Morgan fingerprint density at radius 1 is 1.50 bits per heavy atom. The molecule has 0 spiro atoms. The molecule has 1 aliphatic heterocycles. The minimum atomic E-state index is -0.365. The number of carbonyl (C=O) groups excluding carboxylic acids is 1. The van der Waals surface area contributed by atoms with Gasteiger partial charge in [-0.2, -0.15) is 11.8 Å². The highest BCUT2D eigenvalue weighted by atomic mass is 32.2. The van der Waals surface area contributed by atoms with Gasteiger partial charge in [0, 0.05) is 18.1 Å². The van der Waals surface area contributed by atoms with Crippen LogP contribution in [0.15, 0.2) is 0 Å². The first-order valence-electron chi connectivity index (χ1n) is 5.88. The average Bonchev–Trinajstić information content (AvgIpc) is 2.62. The fourth-order valence-electron chi connectivity index (χ4n) is 1.54. The Morgan fingerprint density at radius 3 is 2.81 bits per heavy atom. The SMILES string of the molecule is CC(C)(C)OC(=O)CCSCC1CCCO1. The molecule has 4 heteroatoms. The van der Waals surface area contributed by atoms with Crippen molar-refractivity contribution in [3.05, 3.63) is 0 Å². The molecule has 0 saturated carbocycles. The van der Waals surface area contributed by atoms with E-state index in [1.165, 1.54) is 12.8 Å². The van der Waals surface area contributed by atoms with E-state index in [4.69, 9.17) is 9.47 Å². The van der Waals surface area contributed by atoms with E-state index < -0.39 is 0 Å². The second-order valence-electron chi connectivity index (χ2n) is 5.05. The van der Waals surface area contributed by atoms with Crippen molar-refractivity contribution in [2.75, 3.05) is 18.1 Å². The molecule has 0 aromatic rings. The summed E-state index contributed by atoms with van der Waals surface area (Å²) < 4.78 is 10.7. The Balaban J connectivity index is 2.00. The molecule has 1 atom stereocenters. The van der Waals surface area contributed by atoms with E-state index in [9.17, 15) is 4.79 Å². The number of esters is 1. The van der Waals surface area contributed by atoms with Gasteiger partial charge in [0.2, 0.25) is 0 Å². The van der Waals surface area contributed by atoms with Gasteiger partial charge in [0.05, 0.1) is 12.5 Å². The van der Waals surface area contributed by atoms with Gasteiger partial charge in [-0.1, -0.05) is 0 Å². The standard InChI is InChI=1S/C12H22O3S/c1-12(2,3)15-11(13)6-8-16-9-10-5-4-7-14-10/h10H,4-9H2,1-3H3. The molecule has 0 radical (unpaired) electrons. The monoisotopic (exact) mass is 246 g/mol. The highest BCUT2D eigenvalue weighted by Crippen LogP contribution is 2.18. The fourth-order valence-corrected chi connectivity index (χ4v) is 2.54. The third-order valence-corrected chi connectivity index (χ3v) is 3.30. The molecule has 0 aromatic heterocycles. The summed E-state index contributed by atoms with van der Waals surface area (Å²) in [5.74, 6) is 1.73. The van der Waals surface area contributed by atoms with Crippen LogP contribution in [0.4, 0.5) is 0 Å². The molecule has 3 nitrogen and oxygen atoms in total. The number of hydrogen-bond acceptors (Lipinski definition) is 4. The maximum absolute atomic E-state index is 11.4. The van der Waals surface area contributed by atoms with Gasteiger partial charge in [0.25, 0.3) is 0 Å². The van der Waals surface area contributed by atoms with Crippen LogP contribution in [0.2, 0.25) is 0 Å². The zero-order valence-electron chi connectivity index (χ0n) is 10.5. The molecular weight excluding hydrogens is 224 g/mol. The lowest BCUT2D eigenvalue weighted by atomic mass is 10.2. The summed E-state index contributed by atoms with van der Waals surface area (Å²) in [6.07, 6.45) is 3.24. The smallest absolute Gasteiger partial charge is 0.307 e. The summed E-state index contributed by atoms with van der Waals surface area (Å²) in [5.41, 5.74) is -0.365. The molecule has 1 rings (SSSR count). The van der Waals surface area contributed by atoms with E-state index in [1.807, 2.05) is 20.8 Å². The fraction of sp³-hybridized carbons (Fsp3) is 0.917. The third kappa shape index (κ3) is 6.38. The molecule has 16 heavy (non-hydrogen) atoms. The quantitative estimate of drug-likeness (QED) is 0.552. The van der Waals surface area contributed by atoms with Crippen molar-refractivity contribution in [3.8, 4) is 0 Å². The largest absolute Gasteiger partial charge is 0.460 e. The topological polar surface area (TPSA) is 35.5 Å². The maximum Gasteiger partial charge on any atom is 0.307 e. The highest BCUT2D eigenvalue weighted by molar-refractivity contribution is 7.99. The van der Waals surface area contributed by atoms with Crippen LogP contribution in [0.1, 0.15) is 40.0 Å². The highest BCUT2D eigenvalue weighted by Gasteiger charge is 2.17. The van der Waals surface area contributed by atoms with Crippen LogP contribution in [0.5, 0.6) is 0 Å². The third-order valence-electron chi connectivity index (χ3n) is 2.20. The normalized spacial score (nSPS) is 21.1. The Bertz CT molecular complexity index is 217. The van der Waals surface area contributed by atoms with Crippen molar-refractivity contribution in [2.45, 2.75) is 51.7 Å². The molecule has 1 fully saturated rings. The second kappa shape index (κ2) is 6.50. The Kier molecular flexibility index (Phi) is 5.62. The summed E-state index contributed by atoms with van der Waals surface area (Å²) in [7, 11) is 0. The number of hydrogen-bond donors (Lipinski definition) is 0. The molecule has 1 unspecified atom stereocenters. The molecule has 94 valence electrons. The van der Waals surface area contributed by atoms with Gasteiger partial charge < -0.3 is 9.47 Å². The van der Waals surface area contributed by atoms with E-state index in [0.717, 1.165) is 18.1 Å². The molecule has 0 aromatic carbocycles. The van der Waals surface area contributed by atoms with Crippen molar-refractivity contribution < 1.29 is 14.3 Å². The van der Waals surface area contributed by atoms with Crippen LogP contribution in [0, 0.1) is 0 Å². The summed E-state index contributed by atoms with van der Waals surface area (Å²) in [4.78, 5) is 11.4. The maximum atomic E-state index is 11.4. The Hall–Kier alpha value is -0.220. The second-order valence-corrected chi connectivity index (χ2v) is 6.20. The molecule has 0 aliphatic carbocycles. The minimum absolute atomic E-state index is 0.104. The van der Waals surface area contributed by atoms with Crippen LogP contribution in [-0.4, -0.2) is 35.8 Å². The number of ether oxygens (including phenoxy) is 2. The average molecular weight is 246 g/mol. The zero-order valence-corrected chi connectivity index (χ0v) is 11.3. The first-order chi connectivity index (χ1) is 7.47. The van der Waals surface area contributed by atoms with E-state index >= 15 is 0 Å². The van der Waals surface area contributed by atoms with E-state index in [-0.39, 0.29) is 11.6 Å². The van der Waals surface area contributed by atoms with Crippen molar-refractivity contribution in [2.24, 2.45) is 0 Å². The summed E-state index contributed by atoms with van der Waals surface area (Å²) in [6, 6.07) is 0. The molecule has 1 heterocycles. The van der Waals surface area contributed by atoms with Gasteiger partial charge in [-0.15, -0.1) is 0 Å². The summed E-state index contributed by atoms with van der Waals surface area (Å²) in [6.45, 7) is 6.58. The zero-order chi connectivity index (χ0) is 12.0. The van der Waals surface area contributed by atoms with Crippen LogP contribution in [0.25, 0.3) is 0 Å². The molecule has 0 amide bonds. The van der Waals surface area contributed by atoms with Crippen molar-refractivity contribution in [1.82, 2.24) is 0 Å². The van der Waals surface area contributed by atoms with Crippen molar-refractivity contribution in [1.29, 1.82) is 0 Å². The number of carbonyl (C=O) groups is 1. The van der Waals surface area contributed by atoms with Crippen LogP contribution in [-0.2, 0) is 14.3 Å². The summed E-state index contributed by atoms with van der Waals surface area (Å²) >= 11 is 1.78. The predicted octanol–water partition coefficient (Wildman–Crippen LogP) is 2.63. The summed E-state index contributed by atoms with van der Waals surface area (Å²) in [5, 5.41) is 0. The predicted molar refractivity (Wildman–Crippen MR) is 66.8 cm³/mol. The Morgan fingerprint density at radius 2 is 2.25 bits per heavy atom. The van der Waals surface area contributed by atoms with E-state index in [2.05, 4.69) is 0 Å². The molecule has 1 saturated heterocycles. The van der Waals surface area contributed by atoms with Crippen molar-refractivity contribution >= 4 is 17.7 Å². The van der Waals surface area contributed by atoms with E-state index in [1.54, 1.807) is 11.8 Å². The number of thioether (sulfide) groups is 1. The lowest BCUT2D eigenvalue weighted by molar-refractivity contribution is -0.154. The van der Waals surface area contributed by atoms with Crippen LogP contribution >= 0.6 is 11.8 Å². The van der Waals surface area contributed by atoms with Gasteiger partial charge in [-0.25, -0.2) is 0 Å². The molecule has 0 N–H and O–H groups in total. The van der Waals surface area contributed by atoms with Gasteiger partial charge in [0.15, 0.2) is 0 Å². The van der Waals surface area contributed by atoms with Gasteiger partial charge in [-0.3, -0.25) is 4.79 Å². The molecule has 0 bridgehead atoms. The van der Waals surface area contributed by atoms with Crippen LogP contribution in [0.3, 0.4) is 0 Å². The molecule has 1 aliphatic rings. The molecular formula is C12H22O3S. The van der Waals surface area contributed by atoms with Gasteiger partial charge in [-0.05, 0) is 33.6 Å². The lowest BCUT2D eigenvalue weighted by Crippen LogP contribution is -2.24. The first kappa shape index (κ1) is 13.8. The Labute approximate surface area is 102 Å².